The van der Waals surface area contributed by atoms with Gasteiger partial charge in [-0.2, -0.15) is 0 Å². The second-order valence-electron chi connectivity index (χ2n) is 5.93. The first-order valence-corrected chi connectivity index (χ1v) is 7.18. The van der Waals surface area contributed by atoms with Gasteiger partial charge in [0.05, 0.1) is 18.8 Å². The smallest absolute Gasteiger partial charge is 0.176 e. The molecule has 0 aromatic heterocycles. The molecule has 10 nitrogen and oxygen atoms in total. The van der Waals surface area contributed by atoms with Gasteiger partial charge in [0, 0.05) is 12.1 Å². The van der Waals surface area contributed by atoms with Crippen molar-refractivity contribution in [2.24, 2.45) is 17.2 Å². The third-order valence-electron chi connectivity index (χ3n) is 4.31. The highest BCUT2D eigenvalue weighted by Crippen LogP contribution is 2.27. The molecule has 2 fully saturated rings. The molecule has 0 bridgehead atoms. The lowest BCUT2D eigenvalue weighted by atomic mass is 9.84. The molecule has 10 heteroatoms. The van der Waals surface area contributed by atoms with E-state index >= 15 is 0 Å². The van der Waals surface area contributed by atoms with Crippen molar-refractivity contribution < 1.29 is 35.0 Å². The highest BCUT2D eigenvalue weighted by Gasteiger charge is 2.47. The Hall–Kier alpha value is -0.400. The Morgan fingerprint density at radius 2 is 1.55 bits per heavy atom. The molecular weight excluding hydrogens is 298 g/mol. The van der Waals surface area contributed by atoms with Crippen molar-refractivity contribution in [2.45, 2.75) is 67.5 Å². The third-order valence-corrected chi connectivity index (χ3v) is 4.31. The molecule has 0 aromatic carbocycles. The van der Waals surface area contributed by atoms with E-state index in [4.69, 9.17) is 31.8 Å². The maximum absolute atomic E-state index is 10.0. The molecule has 130 valence electrons. The Labute approximate surface area is 127 Å². The molecule has 22 heavy (non-hydrogen) atoms. The molecule has 11 N–H and O–H groups in total. The number of hydrogen-bond acceptors (Lipinski definition) is 10. The SMILES string of the molecule is NC1[C@@H](O[C@@H]2C(N)C[C@@H](N)C(O)[C@H]2O)OC(CO)[C@@H](O)[C@@H]1O. The van der Waals surface area contributed by atoms with Crippen molar-refractivity contribution >= 4 is 0 Å². The zero-order valence-corrected chi connectivity index (χ0v) is 12.0. The van der Waals surface area contributed by atoms with E-state index in [-0.39, 0.29) is 6.42 Å². The average Bonchev–Trinajstić information content (AvgIpc) is 2.49. The Balaban J connectivity index is 2.08. The Morgan fingerprint density at radius 1 is 0.909 bits per heavy atom. The number of hydrogen-bond donors (Lipinski definition) is 8. The standard InChI is InChI=1S/C12H25N3O7/c13-3-1-4(14)11(10(20)7(3)17)22-12-6(15)9(19)8(18)5(2-16)21-12/h3-12,16-20H,1-2,13-15H2/t3-,4?,5?,6?,7?,8-,9-,10-,11-,12-/m1/s1. The Kier molecular flexibility index (Phi) is 5.72. The highest BCUT2D eigenvalue weighted by molar-refractivity contribution is 4.99. The lowest BCUT2D eigenvalue weighted by molar-refractivity contribution is -0.293. The van der Waals surface area contributed by atoms with Gasteiger partial charge in [0.25, 0.3) is 0 Å². The first kappa shape index (κ1) is 17.9. The summed E-state index contributed by atoms with van der Waals surface area (Å²) in [5.41, 5.74) is 17.3. The zero-order chi connectivity index (χ0) is 16.6. The van der Waals surface area contributed by atoms with Crippen LogP contribution in [0.5, 0.6) is 0 Å². The van der Waals surface area contributed by atoms with Crippen LogP contribution in [-0.2, 0) is 9.47 Å². The summed E-state index contributed by atoms with van der Waals surface area (Å²) in [4.78, 5) is 0. The van der Waals surface area contributed by atoms with Gasteiger partial charge in [-0.1, -0.05) is 0 Å². The normalized spacial score (nSPS) is 53.5. The quantitative estimate of drug-likeness (QED) is 0.248. The van der Waals surface area contributed by atoms with Crippen LogP contribution in [0.15, 0.2) is 0 Å². The van der Waals surface area contributed by atoms with Crippen molar-refractivity contribution in [3.63, 3.8) is 0 Å². The van der Waals surface area contributed by atoms with Gasteiger partial charge in [-0.3, -0.25) is 0 Å². The summed E-state index contributed by atoms with van der Waals surface area (Å²) in [5.74, 6) is 0. The van der Waals surface area contributed by atoms with Crippen molar-refractivity contribution in [3.05, 3.63) is 0 Å². The first-order chi connectivity index (χ1) is 10.3. The van der Waals surface area contributed by atoms with Crippen LogP contribution in [-0.4, -0.2) is 93.2 Å². The van der Waals surface area contributed by atoms with Crippen molar-refractivity contribution in [1.82, 2.24) is 0 Å². The van der Waals surface area contributed by atoms with Crippen LogP contribution in [0, 0.1) is 0 Å². The summed E-state index contributed by atoms with van der Waals surface area (Å²) in [6.07, 6.45) is -8.36. The minimum atomic E-state index is -1.37. The molecule has 1 aliphatic heterocycles. The largest absolute Gasteiger partial charge is 0.394 e. The van der Waals surface area contributed by atoms with Crippen LogP contribution >= 0.6 is 0 Å². The van der Waals surface area contributed by atoms with Gasteiger partial charge in [-0.25, -0.2) is 0 Å². The van der Waals surface area contributed by atoms with E-state index < -0.39 is 67.6 Å². The summed E-state index contributed by atoms with van der Waals surface area (Å²) in [5, 5.41) is 48.6. The van der Waals surface area contributed by atoms with Gasteiger partial charge in [0.15, 0.2) is 6.29 Å². The number of ether oxygens (including phenoxy) is 2. The number of rotatable bonds is 3. The molecule has 4 unspecified atom stereocenters. The van der Waals surface area contributed by atoms with Crippen LogP contribution in [0.3, 0.4) is 0 Å². The molecule has 2 rings (SSSR count). The Bertz CT molecular complexity index is 375. The molecule has 10 atom stereocenters. The predicted octanol–water partition coefficient (Wildman–Crippen LogP) is -5.08. The van der Waals surface area contributed by atoms with Crippen LogP contribution < -0.4 is 17.2 Å². The molecule has 1 saturated heterocycles. The lowest BCUT2D eigenvalue weighted by Crippen LogP contribution is -2.67. The second kappa shape index (κ2) is 7.01. The van der Waals surface area contributed by atoms with Crippen LogP contribution in [0.25, 0.3) is 0 Å². The fourth-order valence-corrected chi connectivity index (χ4v) is 2.85. The third kappa shape index (κ3) is 3.26. The summed E-state index contributed by atoms with van der Waals surface area (Å²) in [7, 11) is 0. The van der Waals surface area contributed by atoms with E-state index in [1.807, 2.05) is 0 Å². The Morgan fingerprint density at radius 3 is 2.14 bits per heavy atom. The second-order valence-corrected chi connectivity index (χ2v) is 5.93. The molecular formula is C12H25N3O7. The molecule has 0 spiro atoms. The van der Waals surface area contributed by atoms with Gasteiger partial charge < -0.3 is 52.2 Å². The molecule has 0 aromatic rings. The van der Waals surface area contributed by atoms with Gasteiger partial charge in [-0.15, -0.1) is 0 Å². The van der Waals surface area contributed by atoms with Gasteiger partial charge in [0.2, 0.25) is 0 Å². The van der Waals surface area contributed by atoms with E-state index in [1.54, 1.807) is 0 Å². The maximum Gasteiger partial charge on any atom is 0.176 e. The van der Waals surface area contributed by atoms with Gasteiger partial charge in [0.1, 0.15) is 30.5 Å². The van der Waals surface area contributed by atoms with Crippen molar-refractivity contribution in [2.75, 3.05) is 6.61 Å². The van der Waals surface area contributed by atoms with Crippen molar-refractivity contribution in [3.8, 4) is 0 Å². The molecule has 0 radical (unpaired) electrons. The topological polar surface area (TPSA) is 198 Å². The van der Waals surface area contributed by atoms with Crippen LogP contribution in [0.1, 0.15) is 6.42 Å². The van der Waals surface area contributed by atoms with Crippen LogP contribution in [0.4, 0.5) is 0 Å². The van der Waals surface area contributed by atoms with E-state index in [0.717, 1.165) is 0 Å². The molecule has 1 saturated carbocycles. The van der Waals surface area contributed by atoms with E-state index in [0.29, 0.717) is 0 Å². The first-order valence-electron chi connectivity index (χ1n) is 7.18. The predicted molar refractivity (Wildman–Crippen MR) is 73.2 cm³/mol. The molecule has 1 aliphatic carbocycles. The minimum absolute atomic E-state index is 0.222. The summed E-state index contributed by atoms with van der Waals surface area (Å²) < 4.78 is 10.8. The summed E-state index contributed by atoms with van der Waals surface area (Å²) in [6, 6.07) is -2.45. The zero-order valence-electron chi connectivity index (χ0n) is 12.0. The number of aliphatic hydroxyl groups is 5. The molecule has 1 heterocycles. The number of aliphatic hydroxyl groups excluding tert-OH is 5. The van der Waals surface area contributed by atoms with Crippen molar-refractivity contribution in [1.29, 1.82) is 0 Å². The highest BCUT2D eigenvalue weighted by atomic mass is 16.7. The lowest BCUT2D eigenvalue weighted by Gasteiger charge is -2.45. The van der Waals surface area contributed by atoms with E-state index in [2.05, 4.69) is 0 Å². The van der Waals surface area contributed by atoms with Crippen LogP contribution in [0.2, 0.25) is 0 Å². The summed E-state index contributed by atoms with van der Waals surface area (Å²) >= 11 is 0. The fourth-order valence-electron chi connectivity index (χ4n) is 2.85. The summed E-state index contributed by atoms with van der Waals surface area (Å²) in [6.45, 7) is -0.544. The monoisotopic (exact) mass is 323 g/mol. The van der Waals surface area contributed by atoms with Gasteiger partial charge in [-0.05, 0) is 6.42 Å². The molecule has 0 amide bonds. The minimum Gasteiger partial charge on any atom is -0.394 e. The number of nitrogens with two attached hydrogens (primary N) is 3. The fraction of sp³-hybridized carbons (Fsp3) is 1.00. The average molecular weight is 323 g/mol. The van der Waals surface area contributed by atoms with E-state index in [1.165, 1.54) is 0 Å². The maximum atomic E-state index is 10.0. The molecule has 2 aliphatic rings. The van der Waals surface area contributed by atoms with Gasteiger partial charge >= 0.3 is 0 Å². The van der Waals surface area contributed by atoms with E-state index in [9.17, 15) is 20.4 Å².